The van der Waals surface area contributed by atoms with Crippen LogP contribution in [0.3, 0.4) is 0 Å². The maximum absolute atomic E-state index is 11.7. The van der Waals surface area contributed by atoms with E-state index in [0.717, 1.165) is 11.1 Å². The molecule has 2 aromatic carbocycles. The molecular formula is C18H19ClN2O2. The zero-order valence-corrected chi connectivity index (χ0v) is 14.1. The van der Waals surface area contributed by atoms with E-state index in [1.165, 1.54) is 11.1 Å². The second kappa shape index (κ2) is 7.79. The lowest BCUT2D eigenvalue weighted by molar-refractivity contribution is -0.123. The molecule has 1 amide bonds. The second-order valence-electron chi connectivity index (χ2n) is 5.33. The van der Waals surface area contributed by atoms with Crippen LogP contribution in [-0.2, 0) is 4.79 Å². The van der Waals surface area contributed by atoms with E-state index in [2.05, 4.69) is 23.5 Å². The summed E-state index contributed by atoms with van der Waals surface area (Å²) in [7, 11) is 0. The lowest BCUT2D eigenvalue weighted by atomic mass is 10.0. The van der Waals surface area contributed by atoms with Crippen LogP contribution in [0.4, 0.5) is 0 Å². The molecule has 0 saturated carbocycles. The van der Waals surface area contributed by atoms with Gasteiger partial charge in [-0.25, -0.2) is 5.43 Å². The molecule has 0 spiro atoms. The van der Waals surface area contributed by atoms with Gasteiger partial charge in [0.05, 0.1) is 6.21 Å². The number of carbonyl (C=O) groups excluding carboxylic acids is 1. The maximum Gasteiger partial charge on any atom is 0.277 e. The van der Waals surface area contributed by atoms with Crippen molar-refractivity contribution < 1.29 is 9.53 Å². The van der Waals surface area contributed by atoms with Gasteiger partial charge in [0.2, 0.25) is 0 Å². The van der Waals surface area contributed by atoms with Crippen LogP contribution >= 0.6 is 11.6 Å². The maximum atomic E-state index is 11.7. The van der Waals surface area contributed by atoms with Gasteiger partial charge in [-0.05, 0) is 73.4 Å². The fraction of sp³-hybridized carbons (Fsp3) is 0.222. The average molecular weight is 331 g/mol. The fourth-order valence-corrected chi connectivity index (χ4v) is 2.13. The largest absolute Gasteiger partial charge is 0.484 e. The zero-order chi connectivity index (χ0) is 16.8. The number of hydrazone groups is 1. The first-order valence-electron chi connectivity index (χ1n) is 7.24. The zero-order valence-electron chi connectivity index (χ0n) is 13.4. The van der Waals surface area contributed by atoms with Gasteiger partial charge in [0, 0.05) is 5.02 Å². The lowest BCUT2D eigenvalue weighted by Crippen LogP contribution is -2.24. The molecule has 0 aromatic heterocycles. The Balaban J connectivity index is 1.86. The summed E-state index contributed by atoms with van der Waals surface area (Å²) >= 11 is 5.78. The van der Waals surface area contributed by atoms with Crippen LogP contribution in [0.25, 0.3) is 0 Å². The van der Waals surface area contributed by atoms with Gasteiger partial charge >= 0.3 is 0 Å². The van der Waals surface area contributed by atoms with Gasteiger partial charge in [0.15, 0.2) is 6.61 Å². The van der Waals surface area contributed by atoms with E-state index < -0.39 is 0 Å². The Hall–Kier alpha value is -2.33. The number of rotatable bonds is 5. The van der Waals surface area contributed by atoms with E-state index in [1.54, 1.807) is 30.5 Å². The summed E-state index contributed by atoms with van der Waals surface area (Å²) in [5.74, 6) is 0.260. The number of hydrogen-bond acceptors (Lipinski definition) is 3. The van der Waals surface area contributed by atoms with Crippen molar-refractivity contribution in [2.45, 2.75) is 20.8 Å². The third-order valence-electron chi connectivity index (χ3n) is 3.46. The minimum absolute atomic E-state index is 0.106. The van der Waals surface area contributed by atoms with Gasteiger partial charge in [-0.3, -0.25) is 4.79 Å². The number of benzene rings is 2. The van der Waals surface area contributed by atoms with Crippen LogP contribution in [0.1, 0.15) is 22.3 Å². The number of nitrogens with zero attached hydrogens (tertiary/aromatic N) is 1. The van der Waals surface area contributed by atoms with Crippen molar-refractivity contribution in [3.8, 4) is 5.75 Å². The van der Waals surface area contributed by atoms with Gasteiger partial charge in [0.25, 0.3) is 5.91 Å². The van der Waals surface area contributed by atoms with Crippen molar-refractivity contribution in [2.24, 2.45) is 5.10 Å². The summed E-state index contributed by atoms with van der Waals surface area (Å²) in [5.41, 5.74) is 6.97. The third-order valence-corrected chi connectivity index (χ3v) is 3.71. The second-order valence-corrected chi connectivity index (χ2v) is 5.77. The molecule has 0 aliphatic heterocycles. The van der Waals surface area contributed by atoms with Crippen molar-refractivity contribution in [2.75, 3.05) is 6.61 Å². The van der Waals surface area contributed by atoms with E-state index in [0.29, 0.717) is 10.8 Å². The first-order chi connectivity index (χ1) is 11.0. The Labute approximate surface area is 141 Å². The van der Waals surface area contributed by atoms with Crippen molar-refractivity contribution >= 4 is 23.7 Å². The standard InChI is InChI=1S/C18H19ClN2O2/c1-12-8-14(3)15(9-13(12)2)10-20-21-18(22)11-23-17-6-4-16(19)5-7-17/h4-10H,11H2,1-3H3,(H,21,22)/b20-10-. The molecule has 1 N–H and O–H groups in total. The molecule has 0 aliphatic carbocycles. The number of hydrogen-bond donors (Lipinski definition) is 1. The summed E-state index contributed by atoms with van der Waals surface area (Å²) in [6.07, 6.45) is 1.64. The Morgan fingerprint density at radius 1 is 1.13 bits per heavy atom. The van der Waals surface area contributed by atoms with Crippen molar-refractivity contribution in [3.05, 3.63) is 63.7 Å². The van der Waals surface area contributed by atoms with Crippen LogP contribution in [0.2, 0.25) is 5.02 Å². The molecule has 0 unspecified atom stereocenters. The Morgan fingerprint density at radius 3 is 2.48 bits per heavy atom. The van der Waals surface area contributed by atoms with Gasteiger partial charge < -0.3 is 4.74 Å². The number of ether oxygens (including phenoxy) is 1. The van der Waals surface area contributed by atoms with Gasteiger partial charge in [-0.15, -0.1) is 0 Å². The molecule has 0 saturated heterocycles. The van der Waals surface area contributed by atoms with Crippen LogP contribution in [0.15, 0.2) is 41.5 Å². The van der Waals surface area contributed by atoms with Gasteiger partial charge in [0.1, 0.15) is 5.75 Å². The molecule has 0 heterocycles. The first kappa shape index (κ1) is 17.0. The smallest absolute Gasteiger partial charge is 0.277 e. The van der Waals surface area contributed by atoms with Crippen molar-refractivity contribution in [3.63, 3.8) is 0 Å². The van der Waals surface area contributed by atoms with Crippen molar-refractivity contribution in [1.82, 2.24) is 5.43 Å². The first-order valence-corrected chi connectivity index (χ1v) is 7.61. The van der Waals surface area contributed by atoms with Gasteiger partial charge in [-0.1, -0.05) is 17.7 Å². The Kier molecular flexibility index (Phi) is 5.77. The SMILES string of the molecule is Cc1cc(C)c(/C=N\NC(=O)COc2ccc(Cl)cc2)cc1C. The molecule has 2 rings (SSSR count). The fourth-order valence-electron chi connectivity index (χ4n) is 2.01. The lowest BCUT2D eigenvalue weighted by Gasteiger charge is -2.06. The average Bonchev–Trinajstić information content (AvgIpc) is 2.52. The highest BCUT2D eigenvalue weighted by molar-refractivity contribution is 6.30. The Morgan fingerprint density at radius 2 is 1.78 bits per heavy atom. The number of halogens is 1. The third kappa shape index (κ3) is 5.11. The number of carbonyl (C=O) groups is 1. The number of aryl methyl sites for hydroxylation is 3. The molecule has 0 fully saturated rings. The van der Waals surface area contributed by atoms with Gasteiger partial charge in [-0.2, -0.15) is 5.10 Å². The Bertz CT molecular complexity index is 725. The van der Waals surface area contributed by atoms with Crippen molar-refractivity contribution in [1.29, 1.82) is 0 Å². The summed E-state index contributed by atoms with van der Waals surface area (Å²) in [6, 6.07) is 11.0. The summed E-state index contributed by atoms with van der Waals surface area (Å²) < 4.78 is 5.34. The normalized spacial score (nSPS) is 10.8. The quantitative estimate of drug-likeness (QED) is 0.669. The molecule has 23 heavy (non-hydrogen) atoms. The minimum atomic E-state index is -0.322. The summed E-state index contributed by atoms with van der Waals surface area (Å²) in [4.78, 5) is 11.7. The minimum Gasteiger partial charge on any atom is -0.484 e. The molecule has 120 valence electrons. The molecule has 0 radical (unpaired) electrons. The summed E-state index contributed by atoms with van der Waals surface area (Å²) in [5, 5.41) is 4.59. The predicted octanol–water partition coefficient (Wildman–Crippen LogP) is 3.79. The predicted molar refractivity (Wildman–Crippen MR) is 93.3 cm³/mol. The molecule has 2 aromatic rings. The molecular weight excluding hydrogens is 312 g/mol. The highest BCUT2D eigenvalue weighted by Crippen LogP contribution is 2.15. The van der Waals surface area contributed by atoms with E-state index in [9.17, 15) is 4.79 Å². The van der Waals surface area contributed by atoms with Crippen LogP contribution in [0.5, 0.6) is 5.75 Å². The van der Waals surface area contributed by atoms with E-state index >= 15 is 0 Å². The van der Waals surface area contributed by atoms with E-state index in [4.69, 9.17) is 16.3 Å². The molecule has 0 aliphatic rings. The molecule has 0 atom stereocenters. The molecule has 5 heteroatoms. The summed E-state index contributed by atoms with van der Waals surface area (Å²) in [6.45, 7) is 6.02. The molecule has 0 bridgehead atoms. The molecule has 4 nitrogen and oxygen atoms in total. The van der Waals surface area contributed by atoms with E-state index in [-0.39, 0.29) is 12.5 Å². The highest BCUT2D eigenvalue weighted by Gasteiger charge is 2.02. The topological polar surface area (TPSA) is 50.7 Å². The van der Waals surface area contributed by atoms with Crippen LogP contribution < -0.4 is 10.2 Å². The van der Waals surface area contributed by atoms with Crippen LogP contribution in [-0.4, -0.2) is 18.7 Å². The monoisotopic (exact) mass is 330 g/mol. The van der Waals surface area contributed by atoms with Crippen LogP contribution in [0, 0.1) is 20.8 Å². The number of amides is 1. The van der Waals surface area contributed by atoms with E-state index in [1.807, 2.05) is 19.9 Å². The highest BCUT2D eigenvalue weighted by atomic mass is 35.5. The number of nitrogens with one attached hydrogen (secondary N) is 1.